The molecule has 1 fully saturated rings. The fourth-order valence-corrected chi connectivity index (χ4v) is 3.89. The highest BCUT2D eigenvalue weighted by Crippen LogP contribution is 2.18. The molecule has 0 spiro atoms. The summed E-state index contributed by atoms with van der Waals surface area (Å²) < 4.78 is 32.3. The van der Waals surface area contributed by atoms with Crippen LogP contribution < -0.4 is 4.72 Å². The molecule has 1 aromatic rings. The quantitative estimate of drug-likeness (QED) is 0.793. The first kappa shape index (κ1) is 17.7. The molecule has 1 heterocycles. The number of carbonyl (C=O) groups is 1. The van der Waals surface area contributed by atoms with Gasteiger partial charge in [-0.3, -0.25) is 9.52 Å². The molecule has 23 heavy (non-hydrogen) atoms. The molecule has 7 heteroatoms. The zero-order valence-electron chi connectivity index (χ0n) is 13.2. The maximum Gasteiger partial charge on any atom is 0.306 e. The molecule has 0 aliphatic carbocycles. The van der Waals surface area contributed by atoms with E-state index in [1.807, 2.05) is 0 Å². The lowest BCUT2D eigenvalue weighted by molar-refractivity contribution is -0.141. The number of hydrogen-bond donors (Lipinski definition) is 2. The van der Waals surface area contributed by atoms with Crippen LogP contribution in [-0.2, 0) is 26.0 Å². The number of rotatable bonds is 7. The van der Waals surface area contributed by atoms with Gasteiger partial charge in [0.1, 0.15) is 0 Å². The molecule has 0 bridgehead atoms. The average molecular weight is 341 g/mol. The summed E-state index contributed by atoms with van der Waals surface area (Å²) in [5.74, 6) is -1.35. The van der Waals surface area contributed by atoms with Gasteiger partial charge in [-0.2, -0.15) is 0 Å². The zero-order valence-corrected chi connectivity index (χ0v) is 14.0. The Morgan fingerprint density at radius 1 is 1.35 bits per heavy atom. The Labute approximate surface area is 136 Å². The minimum atomic E-state index is -3.45. The Morgan fingerprint density at radius 3 is 2.61 bits per heavy atom. The van der Waals surface area contributed by atoms with E-state index in [2.05, 4.69) is 4.72 Å². The topological polar surface area (TPSA) is 92.7 Å². The largest absolute Gasteiger partial charge is 0.481 e. The Bertz CT molecular complexity index is 620. The lowest BCUT2D eigenvalue weighted by Crippen LogP contribution is -2.30. The van der Waals surface area contributed by atoms with Crippen LogP contribution in [0.4, 0.5) is 5.69 Å². The number of sulfonamides is 1. The lowest BCUT2D eigenvalue weighted by Gasteiger charge is -2.22. The van der Waals surface area contributed by atoms with Crippen LogP contribution in [0.2, 0.25) is 0 Å². The molecule has 1 aromatic carbocycles. The van der Waals surface area contributed by atoms with E-state index in [9.17, 15) is 13.2 Å². The van der Waals surface area contributed by atoms with Crippen molar-refractivity contribution >= 4 is 21.7 Å². The first-order valence-corrected chi connectivity index (χ1v) is 9.45. The van der Waals surface area contributed by atoms with Gasteiger partial charge in [-0.15, -0.1) is 0 Å². The molecule has 0 amide bonds. The highest BCUT2D eigenvalue weighted by molar-refractivity contribution is 7.92. The summed E-state index contributed by atoms with van der Waals surface area (Å²) in [7, 11) is -3.45. The number of anilines is 1. The van der Waals surface area contributed by atoms with E-state index in [4.69, 9.17) is 9.84 Å². The van der Waals surface area contributed by atoms with Crippen molar-refractivity contribution in [3.63, 3.8) is 0 Å². The molecule has 0 radical (unpaired) electrons. The molecule has 2 unspecified atom stereocenters. The molecule has 1 aliphatic heterocycles. The van der Waals surface area contributed by atoms with Gasteiger partial charge in [0.05, 0.1) is 17.8 Å². The smallest absolute Gasteiger partial charge is 0.306 e. The summed E-state index contributed by atoms with van der Waals surface area (Å²) in [6.07, 6.45) is 2.93. The van der Waals surface area contributed by atoms with Gasteiger partial charge in [-0.05, 0) is 43.4 Å². The van der Waals surface area contributed by atoms with Gasteiger partial charge in [0.25, 0.3) is 0 Å². The van der Waals surface area contributed by atoms with Crippen LogP contribution >= 0.6 is 0 Å². The van der Waals surface area contributed by atoms with Crippen LogP contribution in [0.1, 0.15) is 31.7 Å². The number of benzene rings is 1. The second kappa shape index (κ2) is 7.79. The number of ether oxygens (including phenoxy) is 1. The number of carboxylic acid groups (broad SMARTS) is 1. The molecule has 0 saturated carbocycles. The fourth-order valence-electron chi connectivity index (χ4n) is 2.55. The Morgan fingerprint density at radius 2 is 2.04 bits per heavy atom. The molecule has 1 aliphatic rings. The van der Waals surface area contributed by atoms with Crippen molar-refractivity contribution in [1.29, 1.82) is 0 Å². The van der Waals surface area contributed by atoms with E-state index in [-0.39, 0.29) is 11.9 Å². The Hall–Kier alpha value is -1.60. The summed E-state index contributed by atoms with van der Waals surface area (Å²) in [6, 6.07) is 6.80. The lowest BCUT2D eigenvalue weighted by atomic mass is 10.0. The van der Waals surface area contributed by atoms with Crippen LogP contribution in [0.15, 0.2) is 24.3 Å². The van der Waals surface area contributed by atoms with Gasteiger partial charge in [0.2, 0.25) is 10.0 Å². The first-order valence-electron chi connectivity index (χ1n) is 7.79. The third-order valence-electron chi connectivity index (χ3n) is 3.87. The van der Waals surface area contributed by atoms with Crippen LogP contribution in [0.5, 0.6) is 0 Å². The van der Waals surface area contributed by atoms with E-state index in [1.54, 1.807) is 31.2 Å². The van der Waals surface area contributed by atoms with E-state index < -0.39 is 21.9 Å². The molecule has 2 rings (SSSR count). The van der Waals surface area contributed by atoms with Crippen molar-refractivity contribution in [2.24, 2.45) is 5.92 Å². The van der Waals surface area contributed by atoms with E-state index >= 15 is 0 Å². The van der Waals surface area contributed by atoms with Crippen molar-refractivity contribution in [3.8, 4) is 0 Å². The van der Waals surface area contributed by atoms with Crippen LogP contribution in [-0.4, -0.2) is 38.0 Å². The molecular weight excluding hydrogens is 318 g/mol. The molecule has 1 saturated heterocycles. The Kier molecular flexibility index (Phi) is 6.01. The van der Waals surface area contributed by atoms with Gasteiger partial charge in [-0.25, -0.2) is 8.42 Å². The molecule has 0 aromatic heterocycles. The standard InChI is InChI=1S/C16H23NO5S/c1-12(16(18)19)10-13-5-7-14(8-6-13)17-23(20,21)11-15-4-2-3-9-22-15/h5-8,12,15,17H,2-4,9-11H2,1H3,(H,18,19). The summed E-state index contributed by atoms with van der Waals surface area (Å²) >= 11 is 0. The van der Waals surface area contributed by atoms with E-state index in [0.717, 1.165) is 24.8 Å². The van der Waals surface area contributed by atoms with Crippen molar-refractivity contribution in [2.45, 2.75) is 38.7 Å². The number of aliphatic carboxylic acids is 1. The number of nitrogens with one attached hydrogen (secondary N) is 1. The molecule has 2 atom stereocenters. The minimum Gasteiger partial charge on any atom is -0.481 e. The average Bonchev–Trinajstić information content (AvgIpc) is 2.49. The predicted octanol–water partition coefficient (Wildman–Crippen LogP) is 2.26. The monoisotopic (exact) mass is 341 g/mol. The molecule has 6 nitrogen and oxygen atoms in total. The number of carboxylic acids is 1. The minimum absolute atomic E-state index is 0.0369. The van der Waals surface area contributed by atoms with Crippen molar-refractivity contribution < 1.29 is 23.1 Å². The predicted molar refractivity (Wildman–Crippen MR) is 87.9 cm³/mol. The number of hydrogen-bond acceptors (Lipinski definition) is 4. The second-order valence-corrected chi connectivity index (χ2v) is 7.78. The van der Waals surface area contributed by atoms with Crippen LogP contribution in [0.25, 0.3) is 0 Å². The maximum absolute atomic E-state index is 12.2. The van der Waals surface area contributed by atoms with Gasteiger partial charge in [0, 0.05) is 12.3 Å². The Balaban J connectivity index is 1.92. The summed E-state index contributed by atoms with van der Waals surface area (Å²) in [6.45, 7) is 2.26. The van der Waals surface area contributed by atoms with Gasteiger partial charge < -0.3 is 9.84 Å². The van der Waals surface area contributed by atoms with Gasteiger partial charge >= 0.3 is 5.97 Å². The molecule has 128 valence electrons. The fraction of sp³-hybridized carbons (Fsp3) is 0.562. The highest BCUT2D eigenvalue weighted by atomic mass is 32.2. The second-order valence-electron chi connectivity index (χ2n) is 6.01. The van der Waals surface area contributed by atoms with E-state index in [0.29, 0.717) is 18.7 Å². The van der Waals surface area contributed by atoms with Crippen molar-refractivity contribution in [3.05, 3.63) is 29.8 Å². The third kappa shape index (κ3) is 5.84. The molecule has 2 N–H and O–H groups in total. The molecular formula is C16H23NO5S. The van der Waals surface area contributed by atoms with Gasteiger partial charge in [-0.1, -0.05) is 19.1 Å². The van der Waals surface area contributed by atoms with E-state index in [1.165, 1.54) is 0 Å². The SMILES string of the molecule is CC(Cc1ccc(NS(=O)(=O)CC2CCCCO2)cc1)C(=O)O. The normalized spacial score (nSPS) is 20.0. The summed E-state index contributed by atoms with van der Waals surface area (Å²) in [4.78, 5) is 10.8. The van der Waals surface area contributed by atoms with Crippen molar-refractivity contribution in [1.82, 2.24) is 0 Å². The zero-order chi connectivity index (χ0) is 16.9. The summed E-state index contributed by atoms with van der Waals surface area (Å²) in [5.41, 5.74) is 1.34. The maximum atomic E-state index is 12.2. The third-order valence-corrected chi connectivity index (χ3v) is 5.23. The van der Waals surface area contributed by atoms with Crippen molar-refractivity contribution in [2.75, 3.05) is 17.1 Å². The van der Waals surface area contributed by atoms with Crippen LogP contribution in [0.3, 0.4) is 0 Å². The van der Waals surface area contributed by atoms with Gasteiger partial charge in [0.15, 0.2) is 0 Å². The van der Waals surface area contributed by atoms with Crippen LogP contribution in [0, 0.1) is 5.92 Å². The highest BCUT2D eigenvalue weighted by Gasteiger charge is 2.22. The summed E-state index contributed by atoms with van der Waals surface area (Å²) in [5, 5.41) is 8.90. The first-order chi connectivity index (χ1) is 10.9.